The zero-order chi connectivity index (χ0) is 11.5. The maximum absolute atomic E-state index is 2.54. The van der Waals surface area contributed by atoms with Crippen LogP contribution in [0.2, 0.25) is 18.1 Å². The molecule has 0 bridgehead atoms. The highest BCUT2D eigenvalue weighted by Gasteiger charge is 2.31. The van der Waals surface area contributed by atoms with Gasteiger partial charge < -0.3 is 0 Å². The second-order valence-electron chi connectivity index (χ2n) is 5.08. The summed E-state index contributed by atoms with van der Waals surface area (Å²) in [7, 11) is -1.09. The lowest BCUT2D eigenvalue weighted by atomic mass is 10.0. The van der Waals surface area contributed by atoms with Gasteiger partial charge in [0.05, 0.1) is 8.07 Å². The van der Waals surface area contributed by atoms with Gasteiger partial charge in [0.15, 0.2) is 0 Å². The minimum atomic E-state index is -1.09. The van der Waals surface area contributed by atoms with E-state index in [1.54, 1.807) is 10.8 Å². The Labute approximate surface area is 96.5 Å². The summed E-state index contributed by atoms with van der Waals surface area (Å²) < 4.78 is 0. The SMILES string of the molecule is CC[Si](CC)(CC)C1=CCC(C(C)C)=C1. The molecule has 0 spiro atoms. The Balaban J connectivity index is 2.89. The molecule has 1 rings (SSSR count). The van der Waals surface area contributed by atoms with E-state index in [1.807, 2.05) is 0 Å². The summed E-state index contributed by atoms with van der Waals surface area (Å²) in [5.41, 5.74) is 1.65. The molecule has 0 amide bonds. The monoisotopic (exact) mass is 222 g/mol. The third-order valence-electron chi connectivity index (χ3n) is 4.28. The number of hydrogen-bond donors (Lipinski definition) is 0. The van der Waals surface area contributed by atoms with Crippen LogP contribution in [0.1, 0.15) is 41.0 Å². The van der Waals surface area contributed by atoms with Gasteiger partial charge in [0.1, 0.15) is 0 Å². The second-order valence-corrected chi connectivity index (χ2v) is 10.3. The molecule has 0 aromatic carbocycles. The van der Waals surface area contributed by atoms with E-state index in [9.17, 15) is 0 Å². The van der Waals surface area contributed by atoms with Crippen molar-refractivity contribution in [3.05, 3.63) is 22.9 Å². The summed E-state index contributed by atoms with van der Waals surface area (Å²) in [6.45, 7) is 11.8. The van der Waals surface area contributed by atoms with Crippen LogP contribution in [-0.2, 0) is 0 Å². The molecule has 0 aromatic rings. The van der Waals surface area contributed by atoms with Crippen LogP contribution in [0.3, 0.4) is 0 Å². The first-order chi connectivity index (χ1) is 7.09. The molecule has 0 aromatic heterocycles. The molecule has 0 nitrogen and oxygen atoms in total. The summed E-state index contributed by atoms with van der Waals surface area (Å²) in [6, 6.07) is 4.23. The minimum Gasteiger partial charge on any atom is -0.0812 e. The van der Waals surface area contributed by atoms with Crippen LogP contribution >= 0.6 is 0 Å². The average Bonchev–Trinajstić information content (AvgIpc) is 2.71. The molecule has 0 unspecified atom stereocenters. The highest BCUT2D eigenvalue weighted by atomic mass is 28.3. The highest BCUT2D eigenvalue weighted by molar-refractivity contribution is 6.87. The van der Waals surface area contributed by atoms with Crippen LogP contribution in [0, 0.1) is 5.92 Å². The van der Waals surface area contributed by atoms with Crippen molar-refractivity contribution in [3.8, 4) is 0 Å². The van der Waals surface area contributed by atoms with E-state index in [0.717, 1.165) is 5.92 Å². The van der Waals surface area contributed by atoms with Crippen LogP contribution in [0.4, 0.5) is 0 Å². The fourth-order valence-electron chi connectivity index (χ4n) is 2.68. The molecule has 0 aliphatic heterocycles. The van der Waals surface area contributed by atoms with Gasteiger partial charge in [-0.05, 0) is 12.3 Å². The van der Waals surface area contributed by atoms with E-state index in [-0.39, 0.29) is 0 Å². The van der Waals surface area contributed by atoms with Crippen LogP contribution in [0.25, 0.3) is 0 Å². The van der Waals surface area contributed by atoms with E-state index in [1.165, 1.54) is 24.6 Å². The van der Waals surface area contributed by atoms with Crippen molar-refractivity contribution >= 4 is 8.07 Å². The molecule has 0 heterocycles. The largest absolute Gasteiger partial charge is 0.0855 e. The molecule has 1 aliphatic carbocycles. The Morgan fingerprint density at radius 1 is 1.13 bits per heavy atom. The van der Waals surface area contributed by atoms with Gasteiger partial charge in [0.2, 0.25) is 0 Å². The maximum Gasteiger partial charge on any atom is 0.0855 e. The topological polar surface area (TPSA) is 0 Å². The van der Waals surface area contributed by atoms with E-state index in [4.69, 9.17) is 0 Å². The Morgan fingerprint density at radius 2 is 1.67 bits per heavy atom. The Hall–Kier alpha value is -0.303. The summed E-state index contributed by atoms with van der Waals surface area (Å²) in [6.07, 6.45) is 6.28. The molecule has 1 heteroatoms. The summed E-state index contributed by atoms with van der Waals surface area (Å²) in [5.74, 6) is 0.732. The second kappa shape index (κ2) is 5.15. The Morgan fingerprint density at radius 3 is 2.00 bits per heavy atom. The zero-order valence-electron chi connectivity index (χ0n) is 11.1. The minimum absolute atomic E-state index is 0.732. The van der Waals surface area contributed by atoms with Crippen molar-refractivity contribution in [1.29, 1.82) is 0 Å². The lowest BCUT2D eigenvalue weighted by molar-refractivity contribution is 0.753. The Kier molecular flexibility index (Phi) is 4.39. The van der Waals surface area contributed by atoms with Crippen LogP contribution in [0.5, 0.6) is 0 Å². The van der Waals surface area contributed by atoms with Gasteiger partial charge >= 0.3 is 0 Å². The molecule has 86 valence electrons. The molecule has 0 saturated heterocycles. The standard InChI is InChI=1S/C14H26Si/c1-6-15(7-2,8-3)14-10-9-13(11-14)12(4)5/h10-12H,6-9H2,1-5H3. The number of rotatable bonds is 5. The number of hydrogen-bond acceptors (Lipinski definition) is 0. The van der Waals surface area contributed by atoms with Crippen molar-refractivity contribution < 1.29 is 0 Å². The third-order valence-corrected chi connectivity index (χ3v) is 9.92. The van der Waals surface area contributed by atoms with Crippen molar-refractivity contribution in [1.82, 2.24) is 0 Å². The van der Waals surface area contributed by atoms with Gasteiger partial charge in [0, 0.05) is 0 Å². The van der Waals surface area contributed by atoms with Gasteiger partial charge in [0.25, 0.3) is 0 Å². The Bertz CT molecular complexity index is 259. The normalized spacial score (nSPS) is 16.9. The summed E-state index contributed by atoms with van der Waals surface area (Å²) in [5, 5.41) is 1.75. The lowest BCUT2D eigenvalue weighted by Crippen LogP contribution is -2.33. The van der Waals surface area contributed by atoms with Crippen LogP contribution in [-0.4, -0.2) is 8.07 Å². The third kappa shape index (κ3) is 2.44. The molecule has 0 fully saturated rings. The smallest absolute Gasteiger partial charge is 0.0812 e. The molecule has 0 radical (unpaired) electrons. The van der Waals surface area contributed by atoms with E-state index in [0.29, 0.717) is 0 Å². The van der Waals surface area contributed by atoms with Crippen LogP contribution in [0.15, 0.2) is 22.9 Å². The zero-order valence-corrected chi connectivity index (χ0v) is 12.1. The molecule has 0 atom stereocenters. The quantitative estimate of drug-likeness (QED) is 0.578. The fourth-order valence-corrected chi connectivity index (χ4v) is 6.43. The predicted molar refractivity (Wildman–Crippen MR) is 72.8 cm³/mol. The van der Waals surface area contributed by atoms with Gasteiger partial charge in [-0.2, -0.15) is 0 Å². The van der Waals surface area contributed by atoms with E-state index < -0.39 is 8.07 Å². The maximum atomic E-state index is 2.54. The van der Waals surface area contributed by atoms with E-state index >= 15 is 0 Å². The average molecular weight is 222 g/mol. The first kappa shape index (κ1) is 12.8. The van der Waals surface area contributed by atoms with E-state index in [2.05, 4.69) is 46.8 Å². The van der Waals surface area contributed by atoms with Gasteiger partial charge in [-0.25, -0.2) is 0 Å². The first-order valence-electron chi connectivity index (χ1n) is 6.50. The molecule has 0 saturated carbocycles. The predicted octanol–water partition coefficient (Wildman–Crippen LogP) is 4.95. The molecular weight excluding hydrogens is 196 g/mol. The highest BCUT2D eigenvalue weighted by Crippen LogP contribution is 2.35. The molecule has 1 aliphatic rings. The van der Waals surface area contributed by atoms with Gasteiger partial charge in [-0.15, -0.1) is 0 Å². The molecule has 0 N–H and O–H groups in total. The van der Waals surface area contributed by atoms with Crippen molar-refractivity contribution in [3.63, 3.8) is 0 Å². The van der Waals surface area contributed by atoms with Crippen LogP contribution < -0.4 is 0 Å². The van der Waals surface area contributed by atoms with Crippen molar-refractivity contribution in [2.75, 3.05) is 0 Å². The summed E-state index contributed by atoms with van der Waals surface area (Å²) >= 11 is 0. The van der Waals surface area contributed by atoms with Gasteiger partial charge in [-0.3, -0.25) is 0 Å². The van der Waals surface area contributed by atoms with Crippen molar-refractivity contribution in [2.24, 2.45) is 5.92 Å². The molecular formula is C14H26Si. The fraction of sp³-hybridized carbons (Fsp3) is 0.714. The first-order valence-corrected chi connectivity index (χ1v) is 9.12. The molecule has 15 heavy (non-hydrogen) atoms. The summed E-state index contributed by atoms with van der Waals surface area (Å²) in [4.78, 5) is 0. The van der Waals surface area contributed by atoms with Gasteiger partial charge in [-0.1, -0.05) is 75.7 Å². The lowest BCUT2D eigenvalue weighted by Gasteiger charge is -2.28. The van der Waals surface area contributed by atoms with Crippen molar-refractivity contribution in [2.45, 2.75) is 59.2 Å². The number of allylic oxidation sites excluding steroid dienone is 4.